The van der Waals surface area contributed by atoms with E-state index in [1.54, 1.807) is 0 Å². The summed E-state index contributed by atoms with van der Waals surface area (Å²) in [5.41, 5.74) is 1.35. The molecule has 0 saturated heterocycles. The maximum absolute atomic E-state index is 3.93. The van der Waals surface area contributed by atoms with Gasteiger partial charge in [-0.3, -0.25) is 4.98 Å². The molecule has 0 aromatic carbocycles. The summed E-state index contributed by atoms with van der Waals surface area (Å²) in [5.74, 6) is 0.619. The van der Waals surface area contributed by atoms with E-state index < -0.39 is 0 Å². The molecule has 0 unspecified atom stereocenters. The number of pyridine rings is 1. The predicted octanol–water partition coefficient (Wildman–Crippen LogP) is 3.62. The standard InChI is InChI=1S/C8H11N.C3H8/c1-7(2)8-3-5-9-6-4-8;1-3-2/h3-7H,1-2H3;3H2,1-2H3. The lowest BCUT2D eigenvalue weighted by atomic mass is 10.1. The van der Waals surface area contributed by atoms with Gasteiger partial charge in [-0.25, -0.2) is 0 Å². The van der Waals surface area contributed by atoms with Crippen LogP contribution in [0.15, 0.2) is 24.5 Å². The van der Waals surface area contributed by atoms with Crippen LogP contribution in [0.4, 0.5) is 0 Å². The minimum absolute atomic E-state index is 0.619. The Kier molecular flexibility index (Phi) is 6.35. The molecule has 0 spiro atoms. The van der Waals surface area contributed by atoms with Gasteiger partial charge in [0.05, 0.1) is 0 Å². The Morgan fingerprint density at radius 1 is 1.17 bits per heavy atom. The molecule has 0 N–H and O–H groups in total. The molecule has 12 heavy (non-hydrogen) atoms. The monoisotopic (exact) mass is 165 g/mol. The van der Waals surface area contributed by atoms with Crippen LogP contribution in [0.25, 0.3) is 0 Å². The Morgan fingerprint density at radius 2 is 1.58 bits per heavy atom. The fraction of sp³-hybridized carbons (Fsp3) is 0.545. The second-order valence-corrected chi connectivity index (χ2v) is 3.14. The maximum atomic E-state index is 3.93. The molecule has 0 atom stereocenters. The van der Waals surface area contributed by atoms with Crippen LogP contribution in [-0.4, -0.2) is 4.98 Å². The molecule has 68 valence electrons. The van der Waals surface area contributed by atoms with Gasteiger partial charge in [0.2, 0.25) is 0 Å². The number of hydrogen-bond acceptors (Lipinski definition) is 1. The molecule has 0 aliphatic rings. The average molecular weight is 165 g/mol. The van der Waals surface area contributed by atoms with Gasteiger partial charge in [0.1, 0.15) is 0 Å². The molecule has 0 amide bonds. The van der Waals surface area contributed by atoms with Crippen LogP contribution in [0.3, 0.4) is 0 Å². The van der Waals surface area contributed by atoms with Gasteiger partial charge >= 0.3 is 0 Å². The zero-order chi connectivity index (χ0) is 9.40. The Hall–Kier alpha value is -0.850. The largest absolute Gasteiger partial charge is 0.265 e. The van der Waals surface area contributed by atoms with Gasteiger partial charge in [-0.1, -0.05) is 34.1 Å². The molecule has 1 nitrogen and oxygen atoms in total. The number of nitrogens with zero attached hydrogens (tertiary/aromatic N) is 1. The summed E-state index contributed by atoms with van der Waals surface area (Å²) in [4.78, 5) is 3.93. The van der Waals surface area contributed by atoms with Crippen molar-refractivity contribution in [1.82, 2.24) is 4.98 Å². The Morgan fingerprint density at radius 3 is 1.83 bits per heavy atom. The lowest BCUT2D eigenvalue weighted by Crippen LogP contribution is -1.85. The van der Waals surface area contributed by atoms with E-state index >= 15 is 0 Å². The summed E-state index contributed by atoms with van der Waals surface area (Å²) in [5, 5.41) is 0. The molecular formula is C11H19N. The van der Waals surface area contributed by atoms with E-state index in [2.05, 4.69) is 32.7 Å². The quantitative estimate of drug-likeness (QED) is 0.619. The molecule has 1 heterocycles. The van der Waals surface area contributed by atoms with Crippen molar-refractivity contribution in [2.24, 2.45) is 0 Å². The SMILES string of the molecule is CC(C)c1ccncc1.CCC. The van der Waals surface area contributed by atoms with Crippen LogP contribution < -0.4 is 0 Å². The fourth-order valence-electron chi connectivity index (χ4n) is 0.748. The van der Waals surface area contributed by atoms with Crippen LogP contribution in [0.2, 0.25) is 0 Å². The van der Waals surface area contributed by atoms with E-state index in [1.807, 2.05) is 24.5 Å². The van der Waals surface area contributed by atoms with Crippen molar-refractivity contribution in [1.29, 1.82) is 0 Å². The van der Waals surface area contributed by atoms with Gasteiger partial charge in [0.25, 0.3) is 0 Å². The van der Waals surface area contributed by atoms with Gasteiger partial charge in [-0.15, -0.1) is 0 Å². The van der Waals surface area contributed by atoms with Crippen molar-refractivity contribution in [3.8, 4) is 0 Å². The zero-order valence-corrected chi connectivity index (χ0v) is 8.54. The molecule has 0 bridgehead atoms. The molecule has 0 aliphatic carbocycles. The van der Waals surface area contributed by atoms with Gasteiger partial charge in [0, 0.05) is 12.4 Å². The average Bonchev–Trinajstić information content (AvgIpc) is 2.07. The highest BCUT2D eigenvalue weighted by Crippen LogP contribution is 2.10. The molecular weight excluding hydrogens is 146 g/mol. The van der Waals surface area contributed by atoms with E-state index in [1.165, 1.54) is 12.0 Å². The van der Waals surface area contributed by atoms with Gasteiger partial charge in [0.15, 0.2) is 0 Å². The van der Waals surface area contributed by atoms with Crippen molar-refractivity contribution in [2.45, 2.75) is 40.0 Å². The molecule has 0 radical (unpaired) electrons. The van der Waals surface area contributed by atoms with Crippen LogP contribution >= 0.6 is 0 Å². The molecule has 1 rings (SSSR count). The second-order valence-electron chi connectivity index (χ2n) is 3.14. The van der Waals surface area contributed by atoms with E-state index in [0.717, 1.165) is 0 Å². The Balaban J connectivity index is 0.000000354. The van der Waals surface area contributed by atoms with Crippen LogP contribution in [0.1, 0.15) is 45.6 Å². The minimum atomic E-state index is 0.619. The van der Waals surface area contributed by atoms with E-state index in [9.17, 15) is 0 Å². The number of rotatable bonds is 1. The summed E-state index contributed by atoms with van der Waals surface area (Å²) >= 11 is 0. The van der Waals surface area contributed by atoms with Gasteiger partial charge < -0.3 is 0 Å². The lowest BCUT2D eigenvalue weighted by molar-refractivity contribution is 0.863. The Bertz CT molecular complexity index is 179. The minimum Gasteiger partial charge on any atom is -0.265 e. The zero-order valence-electron chi connectivity index (χ0n) is 8.54. The third-order valence-corrected chi connectivity index (χ3v) is 1.37. The highest BCUT2D eigenvalue weighted by molar-refractivity contribution is 5.13. The van der Waals surface area contributed by atoms with E-state index in [4.69, 9.17) is 0 Å². The number of hydrogen-bond donors (Lipinski definition) is 0. The Labute approximate surface area is 75.8 Å². The lowest BCUT2D eigenvalue weighted by Gasteiger charge is -2.01. The van der Waals surface area contributed by atoms with Crippen molar-refractivity contribution in [2.75, 3.05) is 0 Å². The molecule has 1 aromatic heterocycles. The van der Waals surface area contributed by atoms with Crippen LogP contribution in [0, 0.1) is 0 Å². The first-order valence-electron chi connectivity index (χ1n) is 4.62. The predicted molar refractivity (Wildman–Crippen MR) is 54.3 cm³/mol. The fourth-order valence-corrected chi connectivity index (χ4v) is 0.748. The smallest absolute Gasteiger partial charge is 0.0270 e. The molecule has 0 fully saturated rings. The van der Waals surface area contributed by atoms with Crippen molar-refractivity contribution < 1.29 is 0 Å². The first kappa shape index (κ1) is 11.2. The van der Waals surface area contributed by atoms with E-state index in [0.29, 0.717) is 5.92 Å². The first-order chi connectivity index (χ1) is 5.72. The summed E-state index contributed by atoms with van der Waals surface area (Å²) in [6.07, 6.45) is 4.91. The molecule has 0 saturated carbocycles. The number of aromatic nitrogens is 1. The van der Waals surface area contributed by atoms with Crippen molar-refractivity contribution in [3.63, 3.8) is 0 Å². The topological polar surface area (TPSA) is 12.9 Å². The normalized spacial score (nSPS) is 9.08. The van der Waals surface area contributed by atoms with Crippen LogP contribution in [-0.2, 0) is 0 Å². The van der Waals surface area contributed by atoms with Crippen molar-refractivity contribution >= 4 is 0 Å². The maximum Gasteiger partial charge on any atom is 0.0270 e. The van der Waals surface area contributed by atoms with Gasteiger partial charge in [-0.05, 0) is 23.6 Å². The second kappa shape index (κ2) is 6.84. The highest BCUT2D eigenvalue weighted by Gasteiger charge is 1.93. The van der Waals surface area contributed by atoms with Crippen LogP contribution in [0.5, 0.6) is 0 Å². The first-order valence-corrected chi connectivity index (χ1v) is 4.62. The third-order valence-electron chi connectivity index (χ3n) is 1.37. The summed E-state index contributed by atoms with van der Waals surface area (Å²) < 4.78 is 0. The van der Waals surface area contributed by atoms with Gasteiger partial charge in [-0.2, -0.15) is 0 Å². The summed E-state index contributed by atoms with van der Waals surface area (Å²) in [6.45, 7) is 8.60. The molecule has 1 aromatic rings. The summed E-state index contributed by atoms with van der Waals surface area (Å²) in [6, 6.07) is 4.09. The molecule has 0 aliphatic heterocycles. The van der Waals surface area contributed by atoms with E-state index in [-0.39, 0.29) is 0 Å². The molecule has 1 heteroatoms. The highest BCUT2D eigenvalue weighted by atomic mass is 14.6. The third kappa shape index (κ3) is 4.89. The van der Waals surface area contributed by atoms with Crippen molar-refractivity contribution in [3.05, 3.63) is 30.1 Å². The summed E-state index contributed by atoms with van der Waals surface area (Å²) in [7, 11) is 0.